The first-order chi connectivity index (χ1) is 5.34. The van der Waals surface area contributed by atoms with Crippen molar-refractivity contribution >= 4 is 0 Å². The van der Waals surface area contributed by atoms with Gasteiger partial charge in [-0.1, -0.05) is 37.6 Å². The van der Waals surface area contributed by atoms with Gasteiger partial charge < -0.3 is 0 Å². The third kappa shape index (κ3) is 2.53. The van der Waals surface area contributed by atoms with Crippen molar-refractivity contribution in [2.24, 2.45) is 5.92 Å². The molecule has 0 aromatic carbocycles. The molecule has 1 aliphatic carbocycles. The molecule has 0 nitrogen and oxygen atoms in total. The van der Waals surface area contributed by atoms with Crippen LogP contribution in [0.3, 0.4) is 0 Å². The van der Waals surface area contributed by atoms with Gasteiger partial charge >= 0.3 is 0 Å². The maximum atomic E-state index is 4.13. The molecule has 0 heterocycles. The minimum atomic E-state index is 0.792. The lowest BCUT2D eigenvalue weighted by Crippen LogP contribution is -2.04. The summed E-state index contributed by atoms with van der Waals surface area (Å²) in [6.07, 6.45) is 10.9. The molecule has 0 heteroatoms. The van der Waals surface area contributed by atoms with Crippen LogP contribution in [0.25, 0.3) is 0 Å². The molecule has 0 N–H and O–H groups in total. The van der Waals surface area contributed by atoms with Gasteiger partial charge in [0.2, 0.25) is 0 Å². The molecule has 0 aliphatic heterocycles. The van der Waals surface area contributed by atoms with Crippen molar-refractivity contribution in [1.82, 2.24) is 0 Å². The molecule has 0 amide bonds. The van der Waals surface area contributed by atoms with Crippen molar-refractivity contribution in [3.8, 4) is 0 Å². The summed E-state index contributed by atoms with van der Waals surface area (Å²) in [6, 6.07) is 0. The summed E-state index contributed by atoms with van der Waals surface area (Å²) in [6.45, 7) is 6.36. The highest BCUT2D eigenvalue weighted by Crippen LogP contribution is 2.26. The quantitative estimate of drug-likeness (QED) is 0.538. The molecule has 11 heavy (non-hydrogen) atoms. The van der Waals surface area contributed by atoms with Crippen LogP contribution in [-0.2, 0) is 0 Å². The second-order valence-electron chi connectivity index (χ2n) is 3.39. The van der Waals surface area contributed by atoms with E-state index in [9.17, 15) is 0 Å². The van der Waals surface area contributed by atoms with E-state index in [0.29, 0.717) is 0 Å². The summed E-state index contributed by atoms with van der Waals surface area (Å²) in [7, 11) is 0. The Morgan fingerprint density at radius 3 is 2.91 bits per heavy atom. The zero-order valence-electron chi connectivity index (χ0n) is 7.47. The molecule has 0 radical (unpaired) electrons. The van der Waals surface area contributed by atoms with Gasteiger partial charge in [-0.2, -0.15) is 0 Å². The summed E-state index contributed by atoms with van der Waals surface area (Å²) in [5.74, 6) is 0.792. The van der Waals surface area contributed by atoms with Gasteiger partial charge in [0.1, 0.15) is 0 Å². The number of hydrogen-bond acceptors (Lipinski definition) is 0. The van der Waals surface area contributed by atoms with E-state index in [-0.39, 0.29) is 0 Å². The topological polar surface area (TPSA) is 0 Å². The molecular formula is C11H18. The van der Waals surface area contributed by atoms with Gasteiger partial charge in [0.05, 0.1) is 0 Å². The predicted molar refractivity (Wildman–Crippen MR) is 50.5 cm³/mol. The minimum absolute atomic E-state index is 0.792. The summed E-state index contributed by atoms with van der Waals surface area (Å²) in [5.41, 5.74) is 1.47. The van der Waals surface area contributed by atoms with Crippen LogP contribution in [0.5, 0.6) is 0 Å². The van der Waals surface area contributed by atoms with Crippen LogP contribution in [0.4, 0.5) is 0 Å². The van der Waals surface area contributed by atoms with Crippen LogP contribution >= 0.6 is 0 Å². The molecule has 0 bridgehead atoms. The lowest BCUT2D eigenvalue weighted by Gasteiger charge is -2.19. The van der Waals surface area contributed by atoms with Crippen molar-refractivity contribution in [3.63, 3.8) is 0 Å². The van der Waals surface area contributed by atoms with Crippen LogP contribution in [0.2, 0.25) is 0 Å². The summed E-state index contributed by atoms with van der Waals surface area (Å²) >= 11 is 0. The first-order valence-corrected chi connectivity index (χ1v) is 4.67. The molecule has 1 atom stereocenters. The van der Waals surface area contributed by atoms with E-state index in [1.807, 2.05) is 0 Å². The van der Waals surface area contributed by atoms with Gasteiger partial charge in [0.25, 0.3) is 0 Å². The van der Waals surface area contributed by atoms with E-state index >= 15 is 0 Å². The SMILES string of the molecule is C=C(CCC)C1CC=CCC1. The fourth-order valence-electron chi connectivity index (χ4n) is 1.69. The van der Waals surface area contributed by atoms with Gasteiger partial charge in [0.15, 0.2) is 0 Å². The van der Waals surface area contributed by atoms with Gasteiger partial charge in [-0.3, -0.25) is 0 Å². The van der Waals surface area contributed by atoms with E-state index in [1.165, 1.54) is 37.7 Å². The maximum Gasteiger partial charge on any atom is -0.0168 e. The number of hydrogen-bond donors (Lipinski definition) is 0. The summed E-state index contributed by atoms with van der Waals surface area (Å²) in [4.78, 5) is 0. The Hall–Kier alpha value is -0.520. The molecule has 62 valence electrons. The van der Waals surface area contributed by atoms with Gasteiger partial charge in [-0.15, -0.1) is 0 Å². The van der Waals surface area contributed by atoms with E-state index in [2.05, 4.69) is 25.7 Å². The van der Waals surface area contributed by atoms with Crippen LogP contribution < -0.4 is 0 Å². The minimum Gasteiger partial charge on any atom is -0.0996 e. The largest absolute Gasteiger partial charge is 0.0996 e. The van der Waals surface area contributed by atoms with Crippen molar-refractivity contribution in [1.29, 1.82) is 0 Å². The summed E-state index contributed by atoms with van der Waals surface area (Å²) < 4.78 is 0. The van der Waals surface area contributed by atoms with Crippen molar-refractivity contribution in [2.45, 2.75) is 39.0 Å². The van der Waals surface area contributed by atoms with Crippen LogP contribution in [0, 0.1) is 5.92 Å². The molecule has 1 unspecified atom stereocenters. The molecule has 0 saturated carbocycles. The van der Waals surface area contributed by atoms with Crippen LogP contribution in [0.15, 0.2) is 24.3 Å². The number of rotatable bonds is 3. The highest BCUT2D eigenvalue weighted by Gasteiger charge is 2.11. The zero-order chi connectivity index (χ0) is 8.10. The standard InChI is InChI=1S/C11H18/c1-3-7-10(2)11-8-5-4-6-9-11/h4-5,11H,2-3,6-9H2,1H3. The molecule has 0 spiro atoms. The van der Waals surface area contributed by atoms with Gasteiger partial charge in [-0.05, 0) is 31.6 Å². The van der Waals surface area contributed by atoms with Crippen LogP contribution in [0.1, 0.15) is 39.0 Å². The molecule has 1 aliphatic rings. The van der Waals surface area contributed by atoms with E-state index < -0.39 is 0 Å². The molecule has 1 rings (SSSR count). The first-order valence-electron chi connectivity index (χ1n) is 4.67. The summed E-state index contributed by atoms with van der Waals surface area (Å²) in [5, 5.41) is 0. The normalized spacial score (nSPS) is 23.5. The van der Waals surface area contributed by atoms with Crippen molar-refractivity contribution in [2.75, 3.05) is 0 Å². The third-order valence-corrected chi connectivity index (χ3v) is 2.42. The van der Waals surface area contributed by atoms with E-state index in [0.717, 1.165) is 5.92 Å². The Morgan fingerprint density at radius 1 is 1.55 bits per heavy atom. The lowest BCUT2D eigenvalue weighted by molar-refractivity contribution is 0.533. The molecule has 0 aromatic rings. The highest BCUT2D eigenvalue weighted by atomic mass is 14.2. The first kappa shape index (κ1) is 8.58. The predicted octanol–water partition coefficient (Wildman–Crippen LogP) is 3.70. The smallest absolute Gasteiger partial charge is 0.0168 e. The molecule has 0 fully saturated rings. The third-order valence-electron chi connectivity index (χ3n) is 2.42. The maximum absolute atomic E-state index is 4.13. The zero-order valence-corrected chi connectivity index (χ0v) is 7.47. The second-order valence-corrected chi connectivity index (χ2v) is 3.39. The van der Waals surface area contributed by atoms with Crippen LogP contribution in [-0.4, -0.2) is 0 Å². The second kappa shape index (κ2) is 4.38. The monoisotopic (exact) mass is 150 g/mol. The average molecular weight is 150 g/mol. The molecule has 0 saturated heterocycles. The molecule has 0 aromatic heterocycles. The Kier molecular flexibility index (Phi) is 3.41. The highest BCUT2D eigenvalue weighted by molar-refractivity contribution is 5.06. The van der Waals surface area contributed by atoms with Gasteiger partial charge in [0, 0.05) is 0 Å². The average Bonchev–Trinajstić information content (AvgIpc) is 2.07. The Balaban J connectivity index is 2.34. The van der Waals surface area contributed by atoms with Gasteiger partial charge in [-0.25, -0.2) is 0 Å². The van der Waals surface area contributed by atoms with E-state index in [4.69, 9.17) is 0 Å². The fraction of sp³-hybridized carbons (Fsp3) is 0.636. The van der Waals surface area contributed by atoms with Crippen molar-refractivity contribution < 1.29 is 0 Å². The Labute approximate surface area is 70.0 Å². The Bertz CT molecular complexity index is 153. The van der Waals surface area contributed by atoms with Crippen molar-refractivity contribution in [3.05, 3.63) is 24.3 Å². The van der Waals surface area contributed by atoms with E-state index in [1.54, 1.807) is 0 Å². The fourth-order valence-corrected chi connectivity index (χ4v) is 1.69. The Morgan fingerprint density at radius 2 is 2.36 bits per heavy atom. The number of allylic oxidation sites excluding steroid dienone is 3. The lowest BCUT2D eigenvalue weighted by atomic mass is 9.86. The molecular weight excluding hydrogens is 132 g/mol.